The predicted octanol–water partition coefficient (Wildman–Crippen LogP) is 1.50. The maximum Gasteiger partial charge on any atom is 0.123 e. The number of methoxy groups -OCH3 is 2. The third-order valence-electron chi connectivity index (χ3n) is 3.33. The van der Waals surface area contributed by atoms with Gasteiger partial charge in [0.2, 0.25) is 0 Å². The lowest BCUT2D eigenvalue weighted by molar-refractivity contribution is 0.197. The molecule has 1 aliphatic rings. The van der Waals surface area contributed by atoms with Gasteiger partial charge in [0.05, 0.1) is 14.2 Å². The van der Waals surface area contributed by atoms with E-state index in [0.717, 1.165) is 37.7 Å². The maximum absolute atomic E-state index is 5.42. The highest BCUT2D eigenvalue weighted by Gasteiger charge is 2.17. The van der Waals surface area contributed by atoms with Crippen molar-refractivity contribution in [2.45, 2.75) is 19.5 Å². The highest BCUT2D eigenvalue weighted by atomic mass is 16.5. The van der Waals surface area contributed by atoms with Crippen LogP contribution in [0, 0.1) is 0 Å². The first-order valence-electron chi connectivity index (χ1n) is 6.39. The first kappa shape index (κ1) is 13.2. The molecule has 100 valence electrons. The van der Waals surface area contributed by atoms with Crippen LogP contribution in [0.3, 0.4) is 0 Å². The average Bonchev–Trinajstić information content (AvgIpc) is 2.38. The minimum Gasteiger partial charge on any atom is -0.497 e. The molecule has 1 saturated heterocycles. The van der Waals surface area contributed by atoms with Crippen LogP contribution in [0.15, 0.2) is 18.2 Å². The van der Waals surface area contributed by atoms with Crippen molar-refractivity contribution in [1.29, 1.82) is 0 Å². The van der Waals surface area contributed by atoms with Gasteiger partial charge in [-0.2, -0.15) is 0 Å². The summed E-state index contributed by atoms with van der Waals surface area (Å²) < 4.78 is 10.7. The number of ether oxygens (including phenoxy) is 2. The van der Waals surface area contributed by atoms with E-state index in [1.807, 2.05) is 12.1 Å². The Labute approximate surface area is 109 Å². The molecule has 1 heterocycles. The maximum atomic E-state index is 5.42. The van der Waals surface area contributed by atoms with Crippen molar-refractivity contribution >= 4 is 0 Å². The summed E-state index contributed by atoms with van der Waals surface area (Å²) >= 11 is 0. The summed E-state index contributed by atoms with van der Waals surface area (Å²) in [6.07, 6.45) is 0. The van der Waals surface area contributed by atoms with E-state index in [4.69, 9.17) is 9.47 Å². The zero-order chi connectivity index (χ0) is 13.0. The first-order chi connectivity index (χ1) is 8.72. The molecule has 4 nitrogen and oxygen atoms in total. The van der Waals surface area contributed by atoms with Crippen molar-refractivity contribution < 1.29 is 9.47 Å². The molecule has 4 heteroatoms. The van der Waals surface area contributed by atoms with E-state index in [0.29, 0.717) is 6.04 Å². The van der Waals surface area contributed by atoms with Gasteiger partial charge in [-0.15, -0.1) is 0 Å². The number of benzene rings is 1. The average molecular weight is 250 g/mol. The van der Waals surface area contributed by atoms with Gasteiger partial charge >= 0.3 is 0 Å². The Morgan fingerprint density at radius 2 is 2.17 bits per heavy atom. The fraction of sp³-hybridized carbons (Fsp3) is 0.571. The molecule has 0 radical (unpaired) electrons. The molecule has 0 aromatic heterocycles. The molecule has 1 fully saturated rings. The molecule has 1 aliphatic heterocycles. The van der Waals surface area contributed by atoms with Crippen LogP contribution in [-0.4, -0.2) is 44.8 Å². The van der Waals surface area contributed by atoms with E-state index in [1.165, 1.54) is 5.56 Å². The standard InChI is InChI=1S/C14H22N2O2/c1-11-9-16(7-6-15-11)10-12-8-13(17-2)4-5-14(12)18-3/h4-5,8,11,15H,6-7,9-10H2,1-3H3. The molecule has 1 aromatic carbocycles. The highest BCUT2D eigenvalue weighted by Crippen LogP contribution is 2.25. The molecule has 1 atom stereocenters. The lowest BCUT2D eigenvalue weighted by atomic mass is 10.1. The SMILES string of the molecule is COc1ccc(OC)c(CN2CCNC(C)C2)c1. The number of nitrogens with one attached hydrogen (secondary N) is 1. The Morgan fingerprint density at radius 3 is 2.83 bits per heavy atom. The van der Waals surface area contributed by atoms with Crippen molar-refractivity contribution in [3.8, 4) is 11.5 Å². The van der Waals surface area contributed by atoms with E-state index in [2.05, 4.69) is 23.2 Å². The second-order valence-electron chi connectivity index (χ2n) is 4.77. The first-order valence-corrected chi connectivity index (χ1v) is 6.39. The molecule has 2 rings (SSSR count). The monoisotopic (exact) mass is 250 g/mol. The number of piperazine rings is 1. The Morgan fingerprint density at radius 1 is 1.33 bits per heavy atom. The second-order valence-corrected chi connectivity index (χ2v) is 4.77. The van der Waals surface area contributed by atoms with Crippen LogP contribution >= 0.6 is 0 Å². The lowest BCUT2D eigenvalue weighted by Gasteiger charge is -2.32. The smallest absolute Gasteiger partial charge is 0.123 e. The summed E-state index contributed by atoms with van der Waals surface area (Å²) in [5, 5.41) is 3.45. The number of hydrogen-bond donors (Lipinski definition) is 1. The molecule has 0 aliphatic carbocycles. The largest absolute Gasteiger partial charge is 0.497 e. The number of rotatable bonds is 4. The quantitative estimate of drug-likeness (QED) is 0.878. The summed E-state index contributed by atoms with van der Waals surface area (Å²) in [6, 6.07) is 6.52. The van der Waals surface area contributed by atoms with Crippen molar-refractivity contribution in [2.75, 3.05) is 33.9 Å². The van der Waals surface area contributed by atoms with Gasteiger partial charge in [0, 0.05) is 37.8 Å². The van der Waals surface area contributed by atoms with Crippen molar-refractivity contribution in [3.63, 3.8) is 0 Å². The summed E-state index contributed by atoms with van der Waals surface area (Å²) in [7, 11) is 3.41. The van der Waals surface area contributed by atoms with Crippen molar-refractivity contribution in [2.24, 2.45) is 0 Å². The Bertz CT molecular complexity index is 395. The molecule has 0 saturated carbocycles. The van der Waals surface area contributed by atoms with Gasteiger partial charge in [0.1, 0.15) is 11.5 Å². The molecule has 18 heavy (non-hydrogen) atoms. The third-order valence-corrected chi connectivity index (χ3v) is 3.33. The van der Waals surface area contributed by atoms with Crippen molar-refractivity contribution in [1.82, 2.24) is 10.2 Å². The lowest BCUT2D eigenvalue weighted by Crippen LogP contribution is -2.48. The van der Waals surface area contributed by atoms with Gasteiger partial charge in [-0.1, -0.05) is 0 Å². The third kappa shape index (κ3) is 3.15. The number of nitrogens with zero attached hydrogens (tertiary/aromatic N) is 1. The van der Waals surface area contributed by atoms with Gasteiger partial charge in [0.25, 0.3) is 0 Å². The van der Waals surface area contributed by atoms with Gasteiger partial charge in [-0.25, -0.2) is 0 Å². The topological polar surface area (TPSA) is 33.7 Å². The van der Waals surface area contributed by atoms with E-state index in [-0.39, 0.29) is 0 Å². The highest BCUT2D eigenvalue weighted by molar-refractivity contribution is 5.40. The molecule has 0 spiro atoms. The van der Waals surface area contributed by atoms with E-state index >= 15 is 0 Å². The normalized spacial score (nSPS) is 20.7. The van der Waals surface area contributed by atoms with Crippen LogP contribution in [0.1, 0.15) is 12.5 Å². The molecular weight excluding hydrogens is 228 g/mol. The van der Waals surface area contributed by atoms with Crippen LogP contribution in [0.2, 0.25) is 0 Å². The molecule has 1 aromatic rings. The molecule has 1 N–H and O–H groups in total. The van der Waals surface area contributed by atoms with E-state index in [1.54, 1.807) is 14.2 Å². The Hall–Kier alpha value is -1.26. The van der Waals surface area contributed by atoms with Gasteiger partial charge < -0.3 is 14.8 Å². The molecule has 0 bridgehead atoms. The van der Waals surface area contributed by atoms with Crippen LogP contribution in [-0.2, 0) is 6.54 Å². The zero-order valence-corrected chi connectivity index (χ0v) is 11.4. The minimum absolute atomic E-state index is 0.551. The van der Waals surface area contributed by atoms with Crippen LogP contribution < -0.4 is 14.8 Å². The van der Waals surface area contributed by atoms with Crippen LogP contribution in [0.25, 0.3) is 0 Å². The fourth-order valence-corrected chi connectivity index (χ4v) is 2.40. The number of hydrogen-bond acceptors (Lipinski definition) is 4. The molecule has 0 amide bonds. The van der Waals surface area contributed by atoms with Crippen LogP contribution in [0.5, 0.6) is 11.5 Å². The van der Waals surface area contributed by atoms with E-state index in [9.17, 15) is 0 Å². The molecule has 1 unspecified atom stereocenters. The predicted molar refractivity (Wildman–Crippen MR) is 72.3 cm³/mol. The minimum atomic E-state index is 0.551. The summed E-state index contributed by atoms with van der Waals surface area (Å²) in [5.74, 6) is 1.82. The van der Waals surface area contributed by atoms with Gasteiger partial charge in [-0.3, -0.25) is 4.90 Å². The van der Waals surface area contributed by atoms with Gasteiger partial charge in [-0.05, 0) is 25.1 Å². The Balaban J connectivity index is 2.11. The summed E-state index contributed by atoms with van der Waals surface area (Å²) in [4.78, 5) is 2.44. The van der Waals surface area contributed by atoms with Crippen LogP contribution in [0.4, 0.5) is 0 Å². The van der Waals surface area contributed by atoms with Gasteiger partial charge in [0.15, 0.2) is 0 Å². The summed E-state index contributed by atoms with van der Waals surface area (Å²) in [5.41, 5.74) is 1.19. The second kappa shape index (κ2) is 6.07. The fourth-order valence-electron chi connectivity index (χ4n) is 2.40. The molecular formula is C14H22N2O2. The Kier molecular flexibility index (Phi) is 4.44. The zero-order valence-electron chi connectivity index (χ0n) is 11.4. The summed E-state index contributed by atoms with van der Waals surface area (Å²) in [6.45, 7) is 6.32. The van der Waals surface area contributed by atoms with E-state index < -0.39 is 0 Å². The van der Waals surface area contributed by atoms with Crippen molar-refractivity contribution in [3.05, 3.63) is 23.8 Å².